The second kappa shape index (κ2) is 15.1. The Bertz CT molecular complexity index is 294. The Morgan fingerprint density at radius 2 is 1.41 bits per heavy atom. The molecule has 1 rings (SSSR count). The van der Waals surface area contributed by atoms with E-state index in [1.807, 2.05) is 0 Å². The van der Waals surface area contributed by atoms with Crippen LogP contribution in [0.5, 0.6) is 0 Å². The van der Waals surface area contributed by atoms with Gasteiger partial charge in [0.25, 0.3) is 0 Å². The summed E-state index contributed by atoms with van der Waals surface area (Å²) in [7, 11) is 0. The van der Waals surface area contributed by atoms with Crippen LogP contribution in [0, 0.1) is 0 Å². The average Bonchev–Trinajstić information content (AvgIpc) is 3.04. The molecule has 0 radical (unpaired) electrons. The minimum Gasteiger partial charge on any atom is -0.372 e. The van der Waals surface area contributed by atoms with Gasteiger partial charge in [0.15, 0.2) is 0 Å². The molecule has 0 aliphatic carbocycles. The predicted molar refractivity (Wildman–Crippen MR) is 99.8 cm³/mol. The van der Waals surface area contributed by atoms with E-state index in [9.17, 15) is 0 Å². The van der Waals surface area contributed by atoms with E-state index in [-0.39, 0.29) is 0 Å². The van der Waals surface area contributed by atoms with Gasteiger partial charge in [0.2, 0.25) is 0 Å². The highest BCUT2D eigenvalue weighted by Crippen LogP contribution is 2.12. The molecule has 0 saturated carbocycles. The zero-order valence-corrected chi connectivity index (χ0v) is 14.9. The first-order chi connectivity index (χ1) is 10.9. The van der Waals surface area contributed by atoms with Crippen LogP contribution in [0.2, 0.25) is 0 Å². The maximum absolute atomic E-state index is 4.39. The first-order valence-electron chi connectivity index (χ1n) is 9.85. The maximum Gasteiger partial charge on any atom is 0.100 e. The van der Waals surface area contributed by atoms with Crippen molar-refractivity contribution < 1.29 is 0 Å². The molecule has 1 aliphatic rings. The van der Waals surface area contributed by atoms with Crippen LogP contribution in [-0.4, -0.2) is 18.9 Å². The molecule has 0 unspecified atom stereocenters. The number of rotatable bonds is 15. The van der Waals surface area contributed by atoms with Crippen molar-refractivity contribution in [2.24, 2.45) is 4.99 Å². The summed E-state index contributed by atoms with van der Waals surface area (Å²) < 4.78 is 0. The summed E-state index contributed by atoms with van der Waals surface area (Å²) >= 11 is 0. The summed E-state index contributed by atoms with van der Waals surface area (Å²) in [5.41, 5.74) is 0. The summed E-state index contributed by atoms with van der Waals surface area (Å²) in [4.78, 5) is 4.39. The molecule has 0 aromatic carbocycles. The molecule has 0 amide bonds. The lowest BCUT2D eigenvalue weighted by Gasteiger charge is -2.02. The molecule has 1 N–H and O–H groups in total. The Balaban J connectivity index is 1.72. The molecular formula is C20H38N2. The van der Waals surface area contributed by atoms with Gasteiger partial charge in [0.05, 0.1) is 6.54 Å². The van der Waals surface area contributed by atoms with Crippen molar-refractivity contribution in [2.45, 2.75) is 96.8 Å². The van der Waals surface area contributed by atoms with Gasteiger partial charge in [0, 0.05) is 13.0 Å². The number of aliphatic imine (C=N–C) groups is 1. The van der Waals surface area contributed by atoms with Gasteiger partial charge < -0.3 is 5.32 Å². The standard InChI is InChI=1S/C20H38N2/c1-2-3-4-5-6-7-8-9-10-11-12-13-14-15-16-17-20-21-18-19-22-20/h15-16H,2-14,17-19H2,1H3,(H,21,22). The Labute approximate surface area is 138 Å². The highest BCUT2D eigenvalue weighted by atomic mass is 15.1. The topological polar surface area (TPSA) is 24.4 Å². The fraction of sp³-hybridized carbons (Fsp3) is 0.850. The molecule has 0 atom stereocenters. The van der Waals surface area contributed by atoms with Crippen LogP contribution < -0.4 is 5.32 Å². The molecule has 1 heterocycles. The van der Waals surface area contributed by atoms with E-state index in [1.54, 1.807) is 0 Å². The Hall–Kier alpha value is -0.790. The Morgan fingerprint density at radius 1 is 0.818 bits per heavy atom. The van der Waals surface area contributed by atoms with E-state index >= 15 is 0 Å². The van der Waals surface area contributed by atoms with Gasteiger partial charge >= 0.3 is 0 Å². The smallest absolute Gasteiger partial charge is 0.100 e. The van der Waals surface area contributed by atoms with Crippen LogP contribution in [0.15, 0.2) is 17.1 Å². The Morgan fingerprint density at radius 3 is 1.95 bits per heavy atom. The summed E-state index contributed by atoms with van der Waals surface area (Å²) in [6.45, 7) is 4.28. The van der Waals surface area contributed by atoms with Gasteiger partial charge in [-0.2, -0.15) is 0 Å². The molecule has 2 heteroatoms. The summed E-state index contributed by atoms with van der Waals surface area (Å²) in [5.74, 6) is 1.17. The normalized spacial score (nSPS) is 14.5. The zero-order chi connectivity index (χ0) is 15.7. The minimum absolute atomic E-state index is 0.960. The van der Waals surface area contributed by atoms with Crippen molar-refractivity contribution in [3.05, 3.63) is 12.2 Å². The zero-order valence-electron chi connectivity index (χ0n) is 14.9. The SMILES string of the molecule is CCCCCCCCCCCCCCC=CCC1=NCCN1. The number of hydrogen-bond acceptors (Lipinski definition) is 2. The van der Waals surface area contributed by atoms with Crippen LogP contribution in [-0.2, 0) is 0 Å². The van der Waals surface area contributed by atoms with E-state index in [0.29, 0.717) is 0 Å². The van der Waals surface area contributed by atoms with Gasteiger partial charge in [-0.3, -0.25) is 4.99 Å². The number of hydrogen-bond donors (Lipinski definition) is 1. The van der Waals surface area contributed by atoms with E-state index in [4.69, 9.17) is 0 Å². The third kappa shape index (κ3) is 11.8. The van der Waals surface area contributed by atoms with Crippen molar-refractivity contribution in [1.29, 1.82) is 0 Å². The molecule has 0 spiro atoms. The summed E-state index contributed by atoms with van der Waals surface area (Å²) in [6, 6.07) is 0. The number of unbranched alkanes of at least 4 members (excludes halogenated alkanes) is 12. The van der Waals surface area contributed by atoms with Crippen LogP contribution in [0.1, 0.15) is 96.8 Å². The molecule has 0 bridgehead atoms. The molecule has 0 aromatic rings. The van der Waals surface area contributed by atoms with Crippen molar-refractivity contribution in [3.8, 4) is 0 Å². The highest BCUT2D eigenvalue weighted by Gasteiger charge is 2.00. The van der Waals surface area contributed by atoms with Gasteiger partial charge in [0.1, 0.15) is 5.84 Å². The summed E-state index contributed by atoms with van der Waals surface area (Å²) in [6.07, 6.45) is 24.0. The second-order valence-electron chi connectivity index (χ2n) is 6.61. The molecule has 2 nitrogen and oxygen atoms in total. The van der Waals surface area contributed by atoms with Crippen molar-refractivity contribution in [2.75, 3.05) is 13.1 Å². The number of allylic oxidation sites excluding steroid dienone is 1. The van der Waals surface area contributed by atoms with Crippen LogP contribution in [0.25, 0.3) is 0 Å². The highest BCUT2D eigenvalue weighted by molar-refractivity contribution is 5.84. The van der Waals surface area contributed by atoms with E-state index in [2.05, 4.69) is 29.4 Å². The van der Waals surface area contributed by atoms with Crippen molar-refractivity contribution in [1.82, 2.24) is 5.32 Å². The molecule has 0 fully saturated rings. The molecule has 0 saturated heterocycles. The molecule has 0 aromatic heterocycles. The van der Waals surface area contributed by atoms with Crippen LogP contribution >= 0.6 is 0 Å². The lowest BCUT2D eigenvalue weighted by molar-refractivity contribution is 0.545. The van der Waals surface area contributed by atoms with Gasteiger partial charge in [-0.25, -0.2) is 0 Å². The third-order valence-corrected chi connectivity index (χ3v) is 4.45. The van der Waals surface area contributed by atoms with Crippen molar-refractivity contribution >= 4 is 5.84 Å². The largest absolute Gasteiger partial charge is 0.372 e. The fourth-order valence-electron chi connectivity index (χ4n) is 3.00. The maximum atomic E-state index is 4.39. The predicted octanol–water partition coefficient (Wildman–Crippen LogP) is 6.03. The van der Waals surface area contributed by atoms with Crippen LogP contribution in [0.3, 0.4) is 0 Å². The van der Waals surface area contributed by atoms with Crippen molar-refractivity contribution in [3.63, 3.8) is 0 Å². The van der Waals surface area contributed by atoms with E-state index in [0.717, 1.165) is 19.5 Å². The molecule has 128 valence electrons. The third-order valence-electron chi connectivity index (χ3n) is 4.45. The van der Waals surface area contributed by atoms with Gasteiger partial charge in [-0.1, -0.05) is 89.7 Å². The minimum atomic E-state index is 0.960. The fourth-order valence-corrected chi connectivity index (χ4v) is 3.00. The molecule has 1 aliphatic heterocycles. The summed E-state index contributed by atoms with van der Waals surface area (Å²) in [5, 5.41) is 3.30. The lowest BCUT2D eigenvalue weighted by atomic mass is 10.0. The van der Waals surface area contributed by atoms with E-state index in [1.165, 1.54) is 89.3 Å². The first-order valence-corrected chi connectivity index (χ1v) is 9.85. The Kier molecular flexibility index (Phi) is 13.2. The van der Waals surface area contributed by atoms with Gasteiger partial charge in [-0.05, 0) is 12.8 Å². The first kappa shape index (κ1) is 19.3. The number of nitrogens with zero attached hydrogens (tertiary/aromatic N) is 1. The average molecular weight is 307 g/mol. The second-order valence-corrected chi connectivity index (χ2v) is 6.61. The quantitative estimate of drug-likeness (QED) is 0.290. The lowest BCUT2D eigenvalue weighted by Crippen LogP contribution is -2.17. The van der Waals surface area contributed by atoms with Gasteiger partial charge in [-0.15, -0.1) is 0 Å². The molecule has 22 heavy (non-hydrogen) atoms. The monoisotopic (exact) mass is 306 g/mol. The number of amidine groups is 1. The molecular weight excluding hydrogens is 268 g/mol. The van der Waals surface area contributed by atoms with Crippen LogP contribution in [0.4, 0.5) is 0 Å². The van der Waals surface area contributed by atoms with E-state index < -0.39 is 0 Å². The number of nitrogens with one attached hydrogen (secondary N) is 1.